The predicted octanol–water partition coefficient (Wildman–Crippen LogP) is 1.81. The molecule has 0 unspecified atom stereocenters. The summed E-state index contributed by atoms with van der Waals surface area (Å²) < 4.78 is 70.9. The van der Waals surface area contributed by atoms with E-state index in [0.29, 0.717) is 0 Å². The Morgan fingerprint density at radius 3 is 2.14 bits per heavy atom. The molecule has 0 bridgehead atoms. The van der Waals surface area contributed by atoms with Crippen LogP contribution in [0.4, 0.5) is 22.0 Å². The molecule has 0 radical (unpaired) electrons. The van der Waals surface area contributed by atoms with Crippen LogP contribution in [0.25, 0.3) is 0 Å². The minimum atomic E-state index is -2.25. The van der Waals surface area contributed by atoms with Gasteiger partial charge in [-0.05, 0) is 0 Å². The summed E-state index contributed by atoms with van der Waals surface area (Å²) in [7, 11) is 1.07. The molecular formula is C11H6F5N3O2. The normalized spacial score (nSPS) is 10.8. The molecule has 0 aliphatic rings. The lowest BCUT2D eigenvalue weighted by molar-refractivity contribution is 0.0594. The van der Waals surface area contributed by atoms with Crippen LogP contribution in [0.1, 0.15) is 16.1 Å². The van der Waals surface area contributed by atoms with E-state index in [4.69, 9.17) is 0 Å². The van der Waals surface area contributed by atoms with Crippen molar-refractivity contribution in [1.82, 2.24) is 15.0 Å². The Labute approximate surface area is 113 Å². The van der Waals surface area contributed by atoms with Crippen molar-refractivity contribution in [3.05, 3.63) is 46.5 Å². The summed E-state index contributed by atoms with van der Waals surface area (Å²) in [6.07, 6.45) is 0.948. The average Bonchev–Trinajstić information content (AvgIpc) is 2.95. The molecule has 0 saturated carbocycles. The third-order valence-electron chi connectivity index (χ3n) is 2.55. The Bertz CT molecular complexity index is 687. The largest absolute Gasteiger partial charge is 0.464 e. The van der Waals surface area contributed by atoms with Crippen molar-refractivity contribution in [1.29, 1.82) is 0 Å². The quantitative estimate of drug-likeness (QED) is 0.375. The zero-order valence-electron chi connectivity index (χ0n) is 10.3. The van der Waals surface area contributed by atoms with Gasteiger partial charge in [0.15, 0.2) is 29.0 Å². The highest BCUT2D eigenvalue weighted by molar-refractivity contribution is 5.86. The molecule has 1 heterocycles. The van der Waals surface area contributed by atoms with Crippen LogP contribution < -0.4 is 0 Å². The van der Waals surface area contributed by atoms with Gasteiger partial charge in [-0.1, -0.05) is 5.21 Å². The molecule has 0 amide bonds. The Balaban J connectivity index is 2.40. The Morgan fingerprint density at radius 1 is 1.10 bits per heavy atom. The number of methoxy groups -OCH3 is 1. The van der Waals surface area contributed by atoms with E-state index in [2.05, 4.69) is 15.0 Å². The van der Waals surface area contributed by atoms with Crippen LogP contribution in [0.2, 0.25) is 0 Å². The first-order chi connectivity index (χ1) is 9.86. The third-order valence-corrected chi connectivity index (χ3v) is 2.55. The third kappa shape index (κ3) is 2.56. The lowest BCUT2D eigenvalue weighted by Crippen LogP contribution is -2.11. The smallest absolute Gasteiger partial charge is 0.360 e. The van der Waals surface area contributed by atoms with Gasteiger partial charge in [0.25, 0.3) is 0 Å². The fraction of sp³-hybridized carbons (Fsp3) is 0.182. The van der Waals surface area contributed by atoms with Crippen molar-refractivity contribution in [3.8, 4) is 0 Å². The molecule has 5 nitrogen and oxygen atoms in total. The fourth-order valence-electron chi connectivity index (χ4n) is 1.52. The van der Waals surface area contributed by atoms with Gasteiger partial charge in [0, 0.05) is 0 Å². The summed E-state index contributed by atoms with van der Waals surface area (Å²) >= 11 is 0. The molecular weight excluding hydrogens is 301 g/mol. The van der Waals surface area contributed by atoms with Gasteiger partial charge < -0.3 is 4.74 Å². The molecule has 2 aromatic rings. The van der Waals surface area contributed by atoms with Crippen molar-refractivity contribution in [2.24, 2.45) is 0 Å². The second-order valence-corrected chi connectivity index (χ2v) is 3.84. The molecule has 0 aliphatic carbocycles. The van der Waals surface area contributed by atoms with Crippen LogP contribution in [-0.4, -0.2) is 28.1 Å². The molecule has 112 valence electrons. The van der Waals surface area contributed by atoms with E-state index in [0.717, 1.165) is 18.0 Å². The fourth-order valence-corrected chi connectivity index (χ4v) is 1.52. The van der Waals surface area contributed by atoms with Crippen LogP contribution >= 0.6 is 0 Å². The number of esters is 1. The highest BCUT2D eigenvalue weighted by Gasteiger charge is 2.26. The van der Waals surface area contributed by atoms with E-state index in [1.54, 1.807) is 0 Å². The Hall–Kier alpha value is -2.52. The Kier molecular flexibility index (Phi) is 3.87. The molecule has 0 fully saturated rings. The standard InChI is InChI=1S/C11H6F5N3O2/c1-21-11(20)5-3-19(18-17-5)2-4-6(12)8(14)10(16)9(15)7(4)13/h3H,2H2,1H3. The monoisotopic (exact) mass is 307 g/mol. The number of aromatic nitrogens is 3. The van der Waals surface area contributed by atoms with E-state index in [1.807, 2.05) is 0 Å². The zero-order chi connectivity index (χ0) is 15.7. The van der Waals surface area contributed by atoms with E-state index in [1.165, 1.54) is 0 Å². The summed E-state index contributed by atoms with van der Waals surface area (Å²) in [6, 6.07) is 0. The van der Waals surface area contributed by atoms with Crippen LogP contribution in [-0.2, 0) is 11.3 Å². The van der Waals surface area contributed by atoms with Gasteiger partial charge in [-0.25, -0.2) is 31.4 Å². The average molecular weight is 307 g/mol. The first kappa shape index (κ1) is 14.9. The maximum atomic E-state index is 13.4. The lowest BCUT2D eigenvalue weighted by atomic mass is 10.1. The van der Waals surface area contributed by atoms with Gasteiger partial charge in [0.05, 0.1) is 25.4 Å². The molecule has 0 aliphatic heterocycles. The van der Waals surface area contributed by atoms with E-state index in [-0.39, 0.29) is 5.69 Å². The van der Waals surface area contributed by atoms with E-state index in [9.17, 15) is 26.7 Å². The molecule has 0 atom stereocenters. The number of halogens is 5. The molecule has 0 spiro atoms. The predicted molar refractivity (Wildman–Crippen MR) is 56.7 cm³/mol. The Morgan fingerprint density at radius 2 is 1.62 bits per heavy atom. The number of rotatable bonds is 3. The second-order valence-electron chi connectivity index (χ2n) is 3.84. The first-order valence-corrected chi connectivity index (χ1v) is 5.35. The number of hydrogen-bond acceptors (Lipinski definition) is 4. The minimum Gasteiger partial charge on any atom is -0.464 e. The maximum Gasteiger partial charge on any atom is 0.360 e. The van der Waals surface area contributed by atoms with Crippen LogP contribution in [0.15, 0.2) is 6.20 Å². The molecule has 10 heteroatoms. The molecule has 21 heavy (non-hydrogen) atoms. The van der Waals surface area contributed by atoms with Crippen molar-refractivity contribution in [3.63, 3.8) is 0 Å². The number of nitrogens with zero attached hydrogens (tertiary/aromatic N) is 3. The summed E-state index contributed by atoms with van der Waals surface area (Å²) in [5, 5.41) is 6.68. The highest BCUT2D eigenvalue weighted by atomic mass is 19.2. The van der Waals surface area contributed by atoms with Crippen molar-refractivity contribution < 1.29 is 31.5 Å². The summed E-state index contributed by atoms with van der Waals surface area (Å²) in [5.74, 6) is -11.2. The topological polar surface area (TPSA) is 57.0 Å². The molecule has 1 aromatic carbocycles. The van der Waals surface area contributed by atoms with Crippen LogP contribution in [0.5, 0.6) is 0 Å². The first-order valence-electron chi connectivity index (χ1n) is 5.35. The molecule has 2 rings (SSSR count). The zero-order valence-corrected chi connectivity index (χ0v) is 10.3. The summed E-state index contributed by atoms with van der Waals surface area (Å²) in [5.41, 5.74) is -1.37. The number of benzene rings is 1. The SMILES string of the molecule is COC(=O)c1cn(Cc2c(F)c(F)c(F)c(F)c2F)nn1. The lowest BCUT2D eigenvalue weighted by Gasteiger charge is -2.07. The number of carbonyl (C=O) groups is 1. The van der Waals surface area contributed by atoms with Gasteiger partial charge >= 0.3 is 5.97 Å². The summed E-state index contributed by atoms with van der Waals surface area (Å²) in [6.45, 7) is -0.796. The minimum absolute atomic E-state index is 0.277. The van der Waals surface area contributed by atoms with Gasteiger partial charge in [-0.15, -0.1) is 5.10 Å². The highest BCUT2D eigenvalue weighted by Crippen LogP contribution is 2.23. The second kappa shape index (κ2) is 5.46. The number of ether oxygens (including phenoxy) is 1. The van der Waals surface area contributed by atoms with Crippen LogP contribution in [0, 0.1) is 29.1 Å². The number of carbonyl (C=O) groups excluding carboxylic acids is 1. The maximum absolute atomic E-state index is 13.4. The van der Waals surface area contributed by atoms with Crippen LogP contribution in [0.3, 0.4) is 0 Å². The molecule has 1 aromatic heterocycles. The van der Waals surface area contributed by atoms with Crippen molar-refractivity contribution in [2.45, 2.75) is 6.54 Å². The summed E-state index contributed by atoms with van der Waals surface area (Å²) in [4.78, 5) is 11.1. The van der Waals surface area contributed by atoms with E-state index >= 15 is 0 Å². The number of hydrogen-bond donors (Lipinski definition) is 0. The molecule has 0 N–H and O–H groups in total. The van der Waals surface area contributed by atoms with Gasteiger partial charge in [0.2, 0.25) is 5.82 Å². The van der Waals surface area contributed by atoms with Gasteiger partial charge in [0.1, 0.15) is 0 Å². The van der Waals surface area contributed by atoms with Crippen molar-refractivity contribution >= 4 is 5.97 Å². The van der Waals surface area contributed by atoms with Gasteiger partial charge in [-0.3, -0.25) is 0 Å². The van der Waals surface area contributed by atoms with Gasteiger partial charge in [-0.2, -0.15) is 0 Å². The molecule has 0 saturated heterocycles. The van der Waals surface area contributed by atoms with Crippen molar-refractivity contribution in [2.75, 3.05) is 7.11 Å². The van der Waals surface area contributed by atoms with E-state index < -0.39 is 47.2 Å².